The minimum atomic E-state index is -0.218. The first-order valence-corrected chi connectivity index (χ1v) is 8.29. The molecule has 3 nitrogen and oxygen atoms in total. The van der Waals surface area contributed by atoms with Crippen LogP contribution < -0.4 is 5.73 Å². The SMILES string of the molecule is CCC(C)(C(N)Cc1cc(F)ccc1Br)N1CCOCC1. The summed E-state index contributed by atoms with van der Waals surface area (Å²) >= 11 is 3.49. The predicted molar refractivity (Wildman–Crippen MR) is 86.9 cm³/mol. The van der Waals surface area contributed by atoms with Gasteiger partial charge in [-0.15, -0.1) is 0 Å². The zero-order valence-electron chi connectivity index (χ0n) is 12.7. The highest BCUT2D eigenvalue weighted by atomic mass is 79.9. The molecule has 0 saturated carbocycles. The van der Waals surface area contributed by atoms with Gasteiger partial charge >= 0.3 is 0 Å². The molecule has 0 amide bonds. The Morgan fingerprint density at radius 2 is 2.10 bits per heavy atom. The van der Waals surface area contributed by atoms with Crippen molar-refractivity contribution in [3.05, 3.63) is 34.1 Å². The molecule has 2 N–H and O–H groups in total. The minimum Gasteiger partial charge on any atom is -0.379 e. The van der Waals surface area contributed by atoms with Gasteiger partial charge in [-0.3, -0.25) is 4.90 Å². The quantitative estimate of drug-likeness (QED) is 0.879. The molecule has 2 rings (SSSR count). The summed E-state index contributed by atoms with van der Waals surface area (Å²) in [6.07, 6.45) is 1.61. The van der Waals surface area contributed by atoms with Crippen molar-refractivity contribution in [2.75, 3.05) is 26.3 Å². The van der Waals surface area contributed by atoms with Gasteiger partial charge in [0.05, 0.1) is 13.2 Å². The molecule has 2 atom stereocenters. The molecule has 2 unspecified atom stereocenters. The van der Waals surface area contributed by atoms with E-state index in [2.05, 4.69) is 34.7 Å². The standard InChI is InChI=1S/C16H24BrFN2O/c1-3-16(2,20-6-8-21-9-7-20)15(19)11-12-10-13(18)4-5-14(12)17/h4-5,10,15H,3,6-9,11,19H2,1-2H3. The Kier molecular flexibility index (Phi) is 5.77. The van der Waals surface area contributed by atoms with Crippen molar-refractivity contribution in [2.45, 2.75) is 38.3 Å². The Labute approximate surface area is 134 Å². The third-order valence-corrected chi connectivity index (χ3v) is 5.47. The fourth-order valence-electron chi connectivity index (χ4n) is 2.95. The highest BCUT2D eigenvalue weighted by molar-refractivity contribution is 9.10. The lowest BCUT2D eigenvalue weighted by molar-refractivity contribution is -0.0272. The number of rotatable bonds is 5. The van der Waals surface area contributed by atoms with Crippen LogP contribution in [-0.4, -0.2) is 42.8 Å². The zero-order chi connectivity index (χ0) is 15.5. The van der Waals surface area contributed by atoms with Crippen molar-refractivity contribution < 1.29 is 9.13 Å². The van der Waals surface area contributed by atoms with Crippen LogP contribution in [-0.2, 0) is 11.2 Å². The lowest BCUT2D eigenvalue weighted by Crippen LogP contribution is -2.61. The average molecular weight is 359 g/mol. The lowest BCUT2D eigenvalue weighted by Gasteiger charge is -2.46. The summed E-state index contributed by atoms with van der Waals surface area (Å²) in [7, 11) is 0. The van der Waals surface area contributed by atoms with Crippen molar-refractivity contribution >= 4 is 15.9 Å². The van der Waals surface area contributed by atoms with Crippen LogP contribution >= 0.6 is 15.9 Å². The van der Waals surface area contributed by atoms with Crippen LogP contribution in [0.25, 0.3) is 0 Å². The summed E-state index contributed by atoms with van der Waals surface area (Å²) in [6.45, 7) is 7.69. The van der Waals surface area contributed by atoms with Crippen molar-refractivity contribution in [1.82, 2.24) is 4.90 Å². The third-order valence-electron chi connectivity index (χ3n) is 4.70. The molecule has 0 bridgehead atoms. The van der Waals surface area contributed by atoms with E-state index in [9.17, 15) is 4.39 Å². The van der Waals surface area contributed by atoms with Gasteiger partial charge in [-0.2, -0.15) is 0 Å². The van der Waals surface area contributed by atoms with Gasteiger partial charge in [0.1, 0.15) is 5.82 Å². The summed E-state index contributed by atoms with van der Waals surface area (Å²) in [5, 5.41) is 0. The molecule has 5 heteroatoms. The minimum absolute atomic E-state index is 0.0568. The van der Waals surface area contributed by atoms with E-state index in [1.54, 1.807) is 12.1 Å². The summed E-state index contributed by atoms with van der Waals surface area (Å²) in [5.74, 6) is -0.218. The van der Waals surface area contributed by atoms with E-state index >= 15 is 0 Å². The Hall–Kier alpha value is -0.490. The molecule has 0 spiro atoms. The maximum Gasteiger partial charge on any atom is 0.123 e. The maximum atomic E-state index is 13.4. The Balaban J connectivity index is 2.15. The maximum absolute atomic E-state index is 13.4. The summed E-state index contributed by atoms with van der Waals surface area (Å²) in [6, 6.07) is 4.72. The normalized spacial score (nSPS) is 21.0. The second-order valence-corrected chi connectivity index (χ2v) is 6.71. The van der Waals surface area contributed by atoms with Crippen molar-refractivity contribution in [2.24, 2.45) is 5.73 Å². The number of morpholine rings is 1. The molecular weight excluding hydrogens is 335 g/mol. The number of hydrogen-bond donors (Lipinski definition) is 1. The molecule has 1 heterocycles. The number of hydrogen-bond acceptors (Lipinski definition) is 3. The topological polar surface area (TPSA) is 38.5 Å². The fourth-order valence-corrected chi connectivity index (χ4v) is 3.36. The fraction of sp³-hybridized carbons (Fsp3) is 0.625. The molecule has 0 radical (unpaired) electrons. The van der Waals surface area contributed by atoms with Crippen LogP contribution in [0.5, 0.6) is 0 Å². The van der Waals surface area contributed by atoms with Crippen LogP contribution in [0.4, 0.5) is 4.39 Å². The summed E-state index contributed by atoms with van der Waals surface area (Å²) in [4.78, 5) is 2.41. The van der Waals surface area contributed by atoms with Gasteiger partial charge in [0, 0.05) is 29.1 Å². The van der Waals surface area contributed by atoms with Crippen LogP contribution in [0.1, 0.15) is 25.8 Å². The van der Waals surface area contributed by atoms with Crippen LogP contribution in [0.15, 0.2) is 22.7 Å². The highest BCUT2D eigenvalue weighted by Gasteiger charge is 2.37. The molecule has 0 aliphatic carbocycles. The number of benzene rings is 1. The van der Waals surface area contributed by atoms with E-state index in [0.717, 1.165) is 42.8 Å². The van der Waals surface area contributed by atoms with Gasteiger partial charge in [0.15, 0.2) is 0 Å². The Morgan fingerprint density at radius 3 is 2.71 bits per heavy atom. The highest BCUT2D eigenvalue weighted by Crippen LogP contribution is 2.28. The molecule has 1 aromatic rings. The zero-order valence-corrected chi connectivity index (χ0v) is 14.3. The smallest absolute Gasteiger partial charge is 0.123 e. The predicted octanol–water partition coefficient (Wildman–Crippen LogP) is 2.96. The van der Waals surface area contributed by atoms with Gasteiger partial charge in [-0.25, -0.2) is 4.39 Å². The van der Waals surface area contributed by atoms with E-state index in [-0.39, 0.29) is 17.4 Å². The summed E-state index contributed by atoms with van der Waals surface area (Å²) < 4.78 is 19.8. The van der Waals surface area contributed by atoms with Gasteiger partial charge in [-0.05, 0) is 43.5 Å². The van der Waals surface area contributed by atoms with Crippen LogP contribution in [0, 0.1) is 5.82 Å². The van der Waals surface area contributed by atoms with Crippen molar-refractivity contribution in [3.8, 4) is 0 Å². The van der Waals surface area contributed by atoms with Gasteiger partial charge in [0.25, 0.3) is 0 Å². The van der Waals surface area contributed by atoms with Gasteiger partial charge in [0.2, 0.25) is 0 Å². The average Bonchev–Trinajstić information content (AvgIpc) is 2.51. The van der Waals surface area contributed by atoms with Gasteiger partial charge in [-0.1, -0.05) is 22.9 Å². The molecular formula is C16H24BrFN2O. The Morgan fingerprint density at radius 1 is 1.43 bits per heavy atom. The van der Waals surface area contributed by atoms with Gasteiger partial charge < -0.3 is 10.5 Å². The second kappa shape index (κ2) is 7.18. The second-order valence-electron chi connectivity index (χ2n) is 5.86. The number of ether oxygens (including phenoxy) is 1. The first-order chi connectivity index (χ1) is 9.97. The first kappa shape index (κ1) is 16.9. The molecule has 21 heavy (non-hydrogen) atoms. The molecule has 0 aromatic heterocycles. The molecule has 118 valence electrons. The Bertz CT molecular complexity index is 479. The largest absolute Gasteiger partial charge is 0.379 e. The summed E-state index contributed by atoms with van der Waals surface area (Å²) in [5.41, 5.74) is 7.34. The number of nitrogens with zero attached hydrogens (tertiary/aromatic N) is 1. The molecule has 1 aliphatic rings. The van der Waals surface area contributed by atoms with Crippen LogP contribution in [0.2, 0.25) is 0 Å². The molecule has 1 saturated heterocycles. The molecule has 1 fully saturated rings. The molecule has 1 aliphatic heterocycles. The van der Waals surface area contributed by atoms with E-state index in [1.165, 1.54) is 6.07 Å². The third kappa shape index (κ3) is 3.83. The first-order valence-electron chi connectivity index (χ1n) is 7.49. The van der Waals surface area contributed by atoms with E-state index < -0.39 is 0 Å². The molecule has 1 aromatic carbocycles. The van der Waals surface area contributed by atoms with E-state index in [1.807, 2.05) is 0 Å². The van der Waals surface area contributed by atoms with Crippen molar-refractivity contribution in [3.63, 3.8) is 0 Å². The lowest BCUT2D eigenvalue weighted by atomic mass is 9.84. The van der Waals surface area contributed by atoms with Crippen molar-refractivity contribution in [1.29, 1.82) is 0 Å². The van der Waals surface area contributed by atoms with E-state index in [4.69, 9.17) is 10.5 Å². The van der Waals surface area contributed by atoms with E-state index in [0.29, 0.717) is 6.42 Å². The number of halogens is 2. The van der Waals surface area contributed by atoms with Crippen LogP contribution in [0.3, 0.4) is 0 Å². The monoisotopic (exact) mass is 358 g/mol. The number of nitrogens with two attached hydrogens (primary N) is 1.